The zero-order chi connectivity index (χ0) is 20.4. The van der Waals surface area contributed by atoms with Gasteiger partial charge in [-0.3, -0.25) is 10.0 Å². The lowest BCUT2D eigenvalue weighted by molar-refractivity contribution is 0.310. The molecule has 0 radical (unpaired) electrons. The van der Waals surface area contributed by atoms with Crippen LogP contribution in [-0.4, -0.2) is 29.6 Å². The number of rotatable bonds is 5. The number of aromatic amines is 1. The third-order valence-electron chi connectivity index (χ3n) is 5.79. The molecule has 0 unspecified atom stereocenters. The van der Waals surface area contributed by atoms with Crippen LogP contribution >= 0.6 is 0 Å². The summed E-state index contributed by atoms with van der Waals surface area (Å²) < 4.78 is 13.3. The van der Waals surface area contributed by atoms with Gasteiger partial charge in [-0.25, -0.2) is 15.2 Å². The van der Waals surface area contributed by atoms with Crippen molar-refractivity contribution in [2.24, 2.45) is 27.7 Å². The highest BCUT2D eigenvalue weighted by molar-refractivity contribution is 5.87. The van der Waals surface area contributed by atoms with E-state index in [2.05, 4.69) is 27.0 Å². The van der Waals surface area contributed by atoms with Gasteiger partial charge in [-0.15, -0.1) is 0 Å². The Balaban J connectivity index is 1.41. The van der Waals surface area contributed by atoms with Crippen LogP contribution in [0.25, 0.3) is 5.70 Å². The van der Waals surface area contributed by atoms with Gasteiger partial charge in [0.05, 0.1) is 17.1 Å². The monoisotopic (exact) mass is 395 g/mol. The first-order chi connectivity index (χ1) is 14.1. The number of H-pyrrole nitrogens is 1. The van der Waals surface area contributed by atoms with Crippen LogP contribution in [-0.2, 0) is 0 Å². The number of halogens is 1. The van der Waals surface area contributed by atoms with Crippen LogP contribution in [0.4, 0.5) is 21.6 Å². The summed E-state index contributed by atoms with van der Waals surface area (Å²) in [4.78, 5) is 11.8. The Morgan fingerprint density at radius 3 is 2.83 bits per heavy atom. The fraction of sp³-hybridized carbons (Fsp3) is 0.333. The number of nitrogens with one attached hydrogen (secondary N) is 2. The summed E-state index contributed by atoms with van der Waals surface area (Å²) in [6, 6.07) is 6.72. The van der Waals surface area contributed by atoms with Gasteiger partial charge >= 0.3 is 0 Å². The van der Waals surface area contributed by atoms with Crippen molar-refractivity contribution in [1.29, 1.82) is 0 Å². The second-order valence-electron chi connectivity index (χ2n) is 7.62. The van der Waals surface area contributed by atoms with Gasteiger partial charge in [-0.05, 0) is 62.6 Å². The minimum absolute atomic E-state index is 0.165. The minimum Gasteiger partial charge on any atom is -0.396 e. The van der Waals surface area contributed by atoms with E-state index >= 15 is 0 Å². The highest BCUT2D eigenvalue weighted by Crippen LogP contribution is 2.40. The van der Waals surface area contributed by atoms with E-state index in [1.54, 1.807) is 18.5 Å². The topological polar surface area (TPSA) is 108 Å². The third-order valence-corrected chi connectivity index (χ3v) is 5.79. The maximum atomic E-state index is 13.3. The van der Waals surface area contributed by atoms with Crippen molar-refractivity contribution < 1.29 is 4.39 Å². The lowest BCUT2D eigenvalue weighted by Gasteiger charge is -2.32. The molecule has 1 saturated carbocycles. The molecule has 2 aromatic rings. The second-order valence-corrected chi connectivity index (χ2v) is 7.62. The summed E-state index contributed by atoms with van der Waals surface area (Å²) >= 11 is 0. The van der Waals surface area contributed by atoms with E-state index in [1.165, 1.54) is 11.1 Å². The molecular formula is C21H26FN7. The Labute approximate surface area is 169 Å². The number of hydrogen-bond acceptors (Lipinski definition) is 6. The summed E-state index contributed by atoms with van der Waals surface area (Å²) in [7, 11) is 0. The highest BCUT2D eigenvalue weighted by Gasteiger charge is 2.29. The van der Waals surface area contributed by atoms with Crippen LogP contribution in [0.2, 0.25) is 0 Å². The van der Waals surface area contributed by atoms with Gasteiger partial charge in [0, 0.05) is 29.9 Å². The number of anilines is 2. The Morgan fingerprint density at radius 1 is 1.31 bits per heavy atom. The van der Waals surface area contributed by atoms with E-state index < -0.39 is 0 Å². The lowest BCUT2D eigenvalue weighted by atomic mass is 9.79. The number of nitrogens with two attached hydrogens (primary N) is 2. The molecule has 152 valence electrons. The SMILES string of the molecule is C=N/C(=C1/c2cc[nH]c2N=CN1N)C1CCC(CNc2ccc(F)c(N)c2)CC1. The van der Waals surface area contributed by atoms with Crippen molar-refractivity contribution in [3.05, 3.63) is 47.5 Å². The number of allylic oxidation sites excluding steroid dienone is 1. The molecule has 1 aromatic heterocycles. The zero-order valence-electron chi connectivity index (χ0n) is 16.2. The van der Waals surface area contributed by atoms with Crippen molar-refractivity contribution >= 4 is 35.9 Å². The van der Waals surface area contributed by atoms with E-state index in [4.69, 9.17) is 11.6 Å². The van der Waals surface area contributed by atoms with Gasteiger partial charge < -0.3 is 16.0 Å². The number of aromatic nitrogens is 1. The van der Waals surface area contributed by atoms with Gasteiger partial charge in [0.2, 0.25) is 0 Å². The van der Waals surface area contributed by atoms with Crippen LogP contribution < -0.4 is 16.9 Å². The first-order valence-corrected chi connectivity index (χ1v) is 9.82. The molecule has 1 aromatic carbocycles. The molecule has 2 heterocycles. The van der Waals surface area contributed by atoms with Crippen LogP contribution in [0.1, 0.15) is 31.2 Å². The molecule has 29 heavy (non-hydrogen) atoms. The Hall–Kier alpha value is -3.13. The van der Waals surface area contributed by atoms with Gasteiger partial charge in [-0.2, -0.15) is 0 Å². The van der Waals surface area contributed by atoms with Crippen LogP contribution in [0.5, 0.6) is 0 Å². The fourth-order valence-electron chi connectivity index (χ4n) is 4.20. The van der Waals surface area contributed by atoms with Crippen LogP contribution in [0.15, 0.2) is 46.1 Å². The van der Waals surface area contributed by atoms with Gasteiger partial charge in [0.25, 0.3) is 0 Å². The largest absolute Gasteiger partial charge is 0.396 e. The predicted molar refractivity (Wildman–Crippen MR) is 116 cm³/mol. The summed E-state index contributed by atoms with van der Waals surface area (Å²) in [5.74, 6) is 7.42. The number of nitrogens with zero attached hydrogens (tertiary/aromatic N) is 3. The number of hydrazine groups is 1. The molecule has 1 aliphatic carbocycles. The average Bonchev–Trinajstić information content (AvgIpc) is 3.20. The van der Waals surface area contributed by atoms with E-state index in [0.29, 0.717) is 11.8 Å². The molecule has 7 nitrogen and oxygen atoms in total. The number of aliphatic imine (C=N–C) groups is 2. The quantitative estimate of drug-likeness (QED) is 0.350. The normalized spacial score (nSPS) is 22.9. The average molecular weight is 395 g/mol. The predicted octanol–water partition coefficient (Wildman–Crippen LogP) is 3.87. The van der Waals surface area contributed by atoms with Crippen molar-refractivity contribution in [3.8, 4) is 0 Å². The molecular weight excluding hydrogens is 369 g/mol. The number of hydrogen-bond donors (Lipinski definition) is 4. The smallest absolute Gasteiger partial charge is 0.146 e. The Kier molecular flexibility index (Phi) is 5.35. The van der Waals surface area contributed by atoms with Crippen molar-refractivity contribution in [2.75, 3.05) is 17.6 Å². The number of fused-ring (bicyclic) bond motifs is 1. The molecule has 2 aliphatic rings. The van der Waals surface area contributed by atoms with Gasteiger partial charge in [0.15, 0.2) is 0 Å². The Morgan fingerprint density at radius 2 is 2.10 bits per heavy atom. The summed E-state index contributed by atoms with van der Waals surface area (Å²) in [5.41, 5.74) is 9.41. The maximum absolute atomic E-state index is 13.3. The third kappa shape index (κ3) is 3.88. The molecule has 8 heteroatoms. The fourth-order valence-corrected chi connectivity index (χ4v) is 4.20. The van der Waals surface area contributed by atoms with Crippen molar-refractivity contribution in [2.45, 2.75) is 25.7 Å². The molecule has 1 fully saturated rings. The number of nitrogen functional groups attached to an aromatic ring is 1. The van der Waals surface area contributed by atoms with Crippen molar-refractivity contribution in [3.63, 3.8) is 0 Å². The van der Waals surface area contributed by atoms with Crippen molar-refractivity contribution in [1.82, 2.24) is 9.99 Å². The first-order valence-electron chi connectivity index (χ1n) is 9.82. The summed E-state index contributed by atoms with van der Waals surface area (Å²) in [5, 5.41) is 4.91. The lowest BCUT2D eigenvalue weighted by Crippen LogP contribution is -2.32. The molecule has 0 atom stereocenters. The van der Waals surface area contributed by atoms with Gasteiger partial charge in [0.1, 0.15) is 18.0 Å². The minimum atomic E-state index is -0.388. The molecule has 0 bridgehead atoms. The maximum Gasteiger partial charge on any atom is 0.146 e. The molecule has 0 saturated heterocycles. The molecule has 1 aliphatic heterocycles. The van der Waals surface area contributed by atoms with E-state index in [0.717, 1.165) is 60.7 Å². The van der Waals surface area contributed by atoms with Crippen LogP contribution in [0.3, 0.4) is 0 Å². The van der Waals surface area contributed by atoms with Gasteiger partial charge in [-0.1, -0.05) is 0 Å². The highest BCUT2D eigenvalue weighted by atomic mass is 19.1. The van der Waals surface area contributed by atoms with E-state index in [1.807, 2.05) is 12.3 Å². The standard InChI is InChI=1S/C21H26FN7/c1-25-19(20-16-8-9-26-21(16)28-12-29(20)24)14-4-2-13(3-5-14)11-27-15-6-7-17(22)18(23)10-15/h6-10,12-14,26-27H,1-5,11,23-24H2/b20-19-. The Bertz CT molecular complexity index is 954. The summed E-state index contributed by atoms with van der Waals surface area (Å²) in [6.07, 6.45) is 7.62. The van der Waals surface area contributed by atoms with E-state index in [9.17, 15) is 4.39 Å². The zero-order valence-corrected chi connectivity index (χ0v) is 16.2. The molecule has 6 N–H and O–H groups in total. The number of benzene rings is 1. The second kappa shape index (κ2) is 8.08. The van der Waals surface area contributed by atoms with Crippen LogP contribution in [0, 0.1) is 17.7 Å². The molecule has 0 amide bonds. The molecule has 4 rings (SSSR count). The molecule has 0 spiro atoms. The summed E-state index contributed by atoms with van der Waals surface area (Å²) in [6.45, 7) is 4.65. The first kappa shape index (κ1) is 19.2. The van der Waals surface area contributed by atoms with E-state index in [-0.39, 0.29) is 11.5 Å².